The zero-order valence-electron chi connectivity index (χ0n) is 12.4. The van der Waals surface area contributed by atoms with E-state index in [4.69, 9.17) is 0 Å². The zero-order chi connectivity index (χ0) is 14.0. The Labute approximate surface area is 115 Å². The van der Waals surface area contributed by atoms with Gasteiger partial charge in [-0.25, -0.2) is 0 Å². The lowest BCUT2D eigenvalue weighted by Gasteiger charge is -2.19. The van der Waals surface area contributed by atoms with E-state index >= 15 is 0 Å². The highest BCUT2D eigenvalue weighted by atomic mass is 14.9. The Hall–Kier alpha value is -1.83. The summed E-state index contributed by atoms with van der Waals surface area (Å²) in [6.45, 7) is 10.7. The summed E-state index contributed by atoms with van der Waals surface area (Å²) in [7, 11) is 0. The SMILES string of the molecule is Cc1ccc(NC(C)c2cc(C)c(C)cc2C)cn1. The van der Waals surface area contributed by atoms with E-state index < -0.39 is 0 Å². The van der Waals surface area contributed by atoms with Crippen LogP contribution in [0.25, 0.3) is 0 Å². The molecule has 2 nitrogen and oxygen atoms in total. The van der Waals surface area contributed by atoms with Crippen molar-refractivity contribution in [2.45, 2.75) is 40.7 Å². The maximum atomic E-state index is 4.32. The van der Waals surface area contributed by atoms with Crippen LogP contribution in [0.2, 0.25) is 0 Å². The first-order valence-electron chi connectivity index (χ1n) is 6.74. The van der Waals surface area contributed by atoms with Crippen LogP contribution in [0.3, 0.4) is 0 Å². The van der Waals surface area contributed by atoms with E-state index in [2.05, 4.69) is 56.2 Å². The van der Waals surface area contributed by atoms with Crippen LogP contribution in [0.5, 0.6) is 0 Å². The number of benzene rings is 1. The molecular weight excluding hydrogens is 232 g/mol. The third-order valence-corrected chi connectivity index (χ3v) is 3.64. The Morgan fingerprint density at radius 1 is 0.947 bits per heavy atom. The van der Waals surface area contributed by atoms with Crippen LogP contribution >= 0.6 is 0 Å². The normalized spacial score (nSPS) is 12.3. The van der Waals surface area contributed by atoms with Gasteiger partial charge in [0.15, 0.2) is 0 Å². The second-order valence-electron chi connectivity index (χ2n) is 5.35. The minimum atomic E-state index is 0.281. The minimum absolute atomic E-state index is 0.281. The van der Waals surface area contributed by atoms with Gasteiger partial charge in [0, 0.05) is 11.7 Å². The van der Waals surface area contributed by atoms with Gasteiger partial charge in [0.2, 0.25) is 0 Å². The van der Waals surface area contributed by atoms with Crippen LogP contribution in [-0.4, -0.2) is 4.98 Å². The smallest absolute Gasteiger partial charge is 0.0531 e. The van der Waals surface area contributed by atoms with Crippen LogP contribution in [-0.2, 0) is 0 Å². The van der Waals surface area contributed by atoms with Crippen molar-refractivity contribution in [3.05, 3.63) is 58.4 Å². The van der Waals surface area contributed by atoms with Crippen LogP contribution in [0.15, 0.2) is 30.5 Å². The Morgan fingerprint density at radius 3 is 2.26 bits per heavy atom. The maximum Gasteiger partial charge on any atom is 0.0531 e. The predicted molar refractivity (Wildman–Crippen MR) is 81.7 cm³/mol. The summed E-state index contributed by atoms with van der Waals surface area (Å²) < 4.78 is 0. The fourth-order valence-electron chi connectivity index (χ4n) is 2.33. The molecule has 0 aliphatic rings. The van der Waals surface area contributed by atoms with Gasteiger partial charge in [0.25, 0.3) is 0 Å². The molecule has 2 rings (SSSR count). The zero-order valence-corrected chi connectivity index (χ0v) is 12.4. The first-order valence-corrected chi connectivity index (χ1v) is 6.74. The van der Waals surface area contributed by atoms with E-state index in [1.165, 1.54) is 22.3 Å². The molecule has 1 aromatic heterocycles. The minimum Gasteiger partial charge on any atom is -0.377 e. The van der Waals surface area contributed by atoms with Gasteiger partial charge in [0.1, 0.15) is 0 Å². The molecule has 0 radical (unpaired) electrons. The summed E-state index contributed by atoms with van der Waals surface area (Å²) in [5, 5.41) is 3.51. The molecule has 0 aliphatic heterocycles. The number of rotatable bonds is 3. The molecule has 0 aliphatic carbocycles. The molecule has 100 valence electrons. The summed E-state index contributed by atoms with van der Waals surface area (Å²) in [6, 6.07) is 8.93. The highest BCUT2D eigenvalue weighted by molar-refractivity contribution is 5.46. The van der Waals surface area contributed by atoms with E-state index in [-0.39, 0.29) is 6.04 Å². The Morgan fingerprint density at radius 2 is 1.63 bits per heavy atom. The highest BCUT2D eigenvalue weighted by Gasteiger charge is 2.10. The van der Waals surface area contributed by atoms with Crippen molar-refractivity contribution in [1.82, 2.24) is 4.98 Å². The molecule has 0 amide bonds. The van der Waals surface area contributed by atoms with Gasteiger partial charge >= 0.3 is 0 Å². The number of nitrogens with zero attached hydrogens (tertiary/aromatic N) is 1. The van der Waals surface area contributed by atoms with Gasteiger partial charge in [-0.1, -0.05) is 12.1 Å². The first-order chi connectivity index (χ1) is 8.97. The number of hydrogen-bond acceptors (Lipinski definition) is 2. The maximum absolute atomic E-state index is 4.32. The lowest BCUT2D eigenvalue weighted by atomic mass is 9.96. The molecule has 0 spiro atoms. The van der Waals surface area contributed by atoms with Gasteiger partial charge in [-0.05, 0) is 69.0 Å². The van der Waals surface area contributed by atoms with Crippen molar-refractivity contribution >= 4 is 5.69 Å². The molecule has 1 unspecified atom stereocenters. The molecular formula is C17H22N2. The fraction of sp³-hybridized carbons (Fsp3) is 0.353. The summed E-state index contributed by atoms with van der Waals surface area (Å²) in [5.74, 6) is 0. The lowest BCUT2D eigenvalue weighted by Crippen LogP contribution is -2.09. The standard InChI is InChI=1S/C17H22N2/c1-11-8-13(3)17(9-12(11)2)15(5)19-16-7-6-14(4)18-10-16/h6-10,15,19H,1-5H3. The van der Waals surface area contributed by atoms with Crippen molar-refractivity contribution in [1.29, 1.82) is 0 Å². The molecule has 2 aromatic rings. The average Bonchev–Trinajstić information content (AvgIpc) is 2.36. The number of aromatic nitrogens is 1. The largest absolute Gasteiger partial charge is 0.377 e. The van der Waals surface area contributed by atoms with Gasteiger partial charge < -0.3 is 5.32 Å². The quantitative estimate of drug-likeness (QED) is 0.873. The second kappa shape index (κ2) is 5.43. The summed E-state index contributed by atoms with van der Waals surface area (Å²) >= 11 is 0. The molecule has 0 saturated heterocycles. The number of pyridine rings is 1. The fourth-order valence-corrected chi connectivity index (χ4v) is 2.33. The van der Waals surface area contributed by atoms with E-state index in [9.17, 15) is 0 Å². The molecule has 2 heteroatoms. The molecule has 1 aromatic carbocycles. The van der Waals surface area contributed by atoms with Gasteiger partial charge in [-0.2, -0.15) is 0 Å². The van der Waals surface area contributed by atoms with Crippen molar-refractivity contribution < 1.29 is 0 Å². The van der Waals surface area contributed by atoms with Crippen LogP contribution in [0.4, 0.5) is 5.69 Å². The molecule has 0 fully saturated rings. The molecule has 19 heavy (non-hydrogen) atoms. The number of nitrogens with one attached hydrogen (secondary N) is 1. The third kappa shape index (κ3) is 3.14. The van der Waals surface area contributed by atoms with Crippen molar-refractivity contribution in [3.8, 4) is 0 Å². The Bertz CT molecular complexity index is 571. The average molecular weight is 254 g/mol. The third-order valence-electron chi connectivity index (χ3n) is 3.64. The van der Waals surface area contributed by atoms with Crippen LogP contribution in [0.1, 0.15) is 40.9 Å². The molecule has 1 heterocycles. The van der Waals surface area contributed by atoms with Crippen LogP contribution in [0, 0.1) is 27.7 Å². The Kier molecular flexibility index (Phi) is 3.89. The number of hydrogen-bond donors (Lipinski definition) is 1. The van der Waals surface area contributed by atoms with E-state index in [1.807, 2.05) is 19.2 Å². The molecule has 0 bridgehead atoms. The van der Waals surface area contributed by atoms with Crippen molar-refractivity contribution in [3.63, 3.8) is 0 Å². The monoisotopic (exact) mass is 254 g/mol. The topological polar surface area (TPSA) is 24.9 Å². The van der Waals surface area contributed by atoms with Gasteiger partial charge in [0.05, 0.1) is 11.9 Å². The second-order valence-corrected chi connectivity index (χ2v) is 5.35. The van der Waals surface area contributed by atoms with E-state index in [1.54, 1.807) is 0 Å². The number of aryl methyl sites for hydroxylation is 4. The molecule has 0 saturated carbocycles. The number of anilines is 1. The predicted octanol–water partition coefficient (Wildman–Crippen LogP) is 4.49. The van der Waals surface area contributed by atoms with Gasteiger partial charge in [-0.15, -0.1) is 0 Å². The first kappa shape index (κ1) is 13.6. The lowest BCUT2D eigenvalue weighted by molar-refractivity contribution is 0.868. The summed E-state index contributed by atoms with van der Waals surface area (Å²) in [6.07, 6.45) is 1.89. The Balaban J connectivity index is 2.22. The summed E-state index contributed by atoms with van der Waals surface area (Å²) in [4.78, 5) is 4.32. The van der Waals surface area contributed by atoms with E-state index in [0.29, 0.717) is 0 Å². The van der Waals surface area contributed by atoms with Gasteiger partial charge in [-0.3, -0.25) is 4.98 Å². The summed E-state index contributed by atoms with van der Waals surface area (Å²) in [5.41, 5.74) is 7.49. The van der Waals surface area contributed by atoms with Crippen molar-refractivity contribution in [2.24, 2.45) is 0 Å². The molecule has 1 atom stereocenters. The molecule has 1 N–H and O–H groups in total. The van der Waals surface area contributed by atoms with E-state index in [0.717, 1.165) is 11.4 Å². The van der Waals surface area contributed by atoms with Crippen LogP contribution < -0.4 is 5.32 Å². The van der Waals surface area contributed by atoms with Crippen molar-refractivity contribution in [2.75, 3.05) is 5.32 Å². The highest BCUT2D eigenvalue weighted by Crippen LogP contribution is 2.24.